The first-order valence-electron chi connectivity index (χ1n) is 6.80. The van der Waals surface area contributed by atoms with Crippen molar-refractivity contribution in [1.82, 2.24) is 0 Å². The molecule has 1 aliphatic carbocycles. The van der Waals surface area contributed by atoms with Gasteiger partial charge in [0.05, 0.1) is 0 Å². The fourth-order valence-electron chi connectivity index (χ4n) is 2.23. The molecule has 4 nitrogen and oxygen atoms in total. The van der Waals surface area contributed by atoms with E-state index in [4.69, 9.17) is 9.47 Å². The Morgan fingerprint density at radius 1 is 1.35 bits per heavy atom. The summed E-state index contributed by atoms with van der Waals surface area (Å²) in [4.78, 5) is 23.7. The lowest BCUT2D eigenvalue weighted by atomic mass is 10.1. The van der Waals surface area contributed by atoms with Gasteiger partial charge in [0.25, 0.3) is 0 Å². The summed E-state index contributed by atoms with van der Waals surface area (Å²) in [5.74, 6) is 1.14. The maximum atomic E-state index is 12.0. The van der Waals surface area contributed by atoms with Gasteiger partial charge < -0.3 is 9.47 Å². The van der Waals surface area contributed by atoms with E-state index in [9.17, 15) is 9.59 Å². The first-order valence-corrected chi connectivity index (χ1v) is 6.80. The molecule has 108 valence electrons. The largest absolute Gasteiger partial charge is 0.461 e. The number of rotatable bonds is 3. The molecule has 0 fully saturated rings. The Bertz CT molecular complexity index is 541. The fraction of sp³-hybridized carbons (Fsp3) is 0.500. The van der Waals surface area contributed by atoms with Crippen molar-refractivity contribution in [2.45, 2.75) is 52.6 Å². The zero-order valence-electron chi connectivity index (χ0n) is 12.4. The average Bonchev–Trinajstić information content (AvgIpc) is 2.59. The van der Waals surface area contributed by atoms with Gasteiger partial charge in [-0.15, -0.1) is 0 Å². The molecule has 0 radical (unpaired) electrons. The molecule has 0 aromatic heterocycles. The van der Waals surface area contributed by atoms with Crippen LogP contribution in [0, 0.1) is 0 Å². The summed E-state index contributed by atoms with van der Waals surface area (Å²) >= 11 is 0. The molecule has 0 aromatic carbocycles. The van der Waals surface area contributed by atoms with Crippen LogP contribution in [0.25, 0.3) is 0 Å². The standard InChI is InChI=1S/C16H20O4/c1-10-5-6-11-9-13(17)12(15(11)19-10)7-8-14(18)20-16(2,3)4/h5-6H,7-9H2,1-4H3. The summed E-state index contributed by atoms with van der Waals surface area (Å²) < 4.78 is 10.9. The summed E-state index contributed by atoms with van der Waals surface area (Å²) in [6.45, 7) is 7.32. The molecule has 0 aromatic rings. The molecule has 0 bridgehead atoms. The molecule has 0 unspecified atom stereocenters. The fourth-order valence-corrected chi connectivity index (χ4v) is 2.23. The van der Waals surface area contributed by atoms with Crippen molar-refractivity contribution >= 4 is 11.8 Å². The number of esters is 1. The van der Waals surface area contributed by atoms with Crippen LogP contribution in [-0.4, -0.2) is 17.4 Å². The highest BCUT2D eigenvalue weighted by molar-refractivity contribution is 6.02. The number of carbonyl (C=O) groups is 2. The normalized spacial score (nSPS) is 18.3. The Kier molecular flexibility index (Phi) is 3.84. The zero-order valence-corrected chi connectivity index (χ0v) is 12.4. The first-order chi connectivity index (χ1) is 9.26. The minimum absolute atomic E-state index is 0.0397. The van der Waals surface area contributed by atoms with Gasteiger partial charge in [0.15, 0.2) is 5.78 Å². The third-order valence-corrected chi connectivity index (χ3v) is 3.03. The molecule has 20 heavy (non-hydrogen) atoms. The van der Waals surface area contributed by atoms with Crippen molar-refractivity contribution in [2.75, 3.05) is 0 Å². The number of ether oxygens (including phenoxy) is 2. The Labute approximate surface area is 119 Å². The maximum Gasteiger partial charge on any atom is 0.306 e. The van der Waals surface area contributed by atoms with Crippen molar-refractivity contribution < 1.29 is 19.1 Å². The second kappa shape index (κ2) is 5.27. The van der Waals surface area contributed by atoms with Gasteiger partial charge in [-0.3, -0.25) is 9.59 Å². The van der Waals surface area contributed by atoms with Crippen molar-refractivity contribution in [2.24, 2.45) is 0 Å². The second-order valence-electron chi connectivity index (χ2n) is 6.07. The minimum Gasteiger partial charge on any atom is -0.461 e. The summed E-state index contributed by atoms with van der Waals surface area (Å²) in [5, 5.41) is 0. The number of allylic oxidation sites excluding steroid dienone is 5. The molecule has 0 saturated heterocycles. The van der Waals surface area contributed by atoms with E-state index in [1.165, 1.54) is 0 Å². The van der Waals surface area contributed by atoms with Gasteiger partial charge in [-0.1, -0.05) is 6.08 Å². The van der Waals surface area contributed by atoms with Crippen LogP contribution < -0.4 is 0 Å². The predicted molar refractivity (Wildman–Crippen MR) is 74.7 cm³/mol. The Morgan fingerprint density at radius 2 is 2.05 bits per heavy atom. The van der Waals surface area contributed by atoms with E-state index >= 15 is 0 Å². The number of fused-ring (bicyclic) bond motifs is 1. The van der Waals surface area contributed by atoms with E-state index in [0.717, 1.165) is 11.3 Å². The lowest BCUT2D eigenvalue weighted by molar-refractivity contribution is -0.154. The molecule has 1 heterocycles. The number of hydrogen-bond donors (Lipinski definition) is 0. The molecule has 2 rings (SSSR count). The number of Topliss-reactive ketones (excluding diaryl/α,β-unsaturated/α-hetero) is 1. The van der Waals surface area contributed by atoms with E-state index in [0.29, 0.717) is 24.2 Å². The molecule has 0 spiro atoms. The molecule has 0 N–H and O–H groups in total. The van der Waals surface area contributed by atoms with Crippen molar-refractivity contribution in [3.05, 3.63) is 34.8 Å². The van der Waals surface area contributed by atoms with Gasteiger partial charge in [0, 0.05) is 24.0 Å². The smallest absolute Gasteiger partial charge is 0.306 e. The summed E-state index contributed by atoms with van der Waals surface area (Å²) in [5.41, 5.74) is 1.01. The molecule has 2 aliphatic rings. The SMILES string of the molecule is CC1=CC=C2CC(=O)C(CCC(=O)OC(C)(C)C)=C2O1. The van der Waals surface area contributed by atoms with E-state index in [2.05, 4.69) is 0 Å². The van der Waals surface area contributed by atoms with Gasteiger partial charge in [-0.2, -0.15) is 0 Å². The topological polar surface area (TPSA) is 52.6 Å². The van der Waals surface area contributed by atoms with Gasteiger partial charge in [0.1, 0.15) is 17.1 Å². The van der Waals surface area contributed by atoms with Crippen molar-refractivity contribution in [3.8, 4) is 0 Å². The molecular weight excluding hydrogens is 256 g/mol. The van der Waals surface area contributed by atoms with Crippen LogP contribution in [0.5, 0.6) is 0 Å². The van der Waals surface area contributed by atoms with Crippen LogP contribution in [-0.2, 0) is 19.1 Å². The minimum atomic E-state index is -0.500. The molecule has 4 heteroatoms. The molecular formula is C16H20O4. The Morgan fingerprint density at radius 3 is 2.70 bits per heavy atom. The van der Waals surface area contributed by atoms with E-state index < -0.39 is 5.60 Å². The van der Waals surface area contributed by atoms with Crippen molar-refractivity contribution in [3.63, 3.8) is 0 Å². The lowest BCUT2D eigenvalue weighted by Crippen LogP contribution is -2.23. The summed E-state index contributed by atoms with van der Waals surface area (Å²) in [7, 11) is 0. The highest BCUT2D eigenvalue weighted by atomic mass is 16.6. The van der Waals surface area contributed by atoms with Crippen LogP contribution in [0.1, 0.15) is 47.0 Å². The third kappa shape index (κ3) is 3.38. The predicted octanol–water partition coefficient (Wildman–Crippen LogP) is 3.20. The lowest BCUT2D eigenvalue weighted by Gasteiger charge is -2.19. The summed E-state index contributed by atoms with van der Waals surface area (Å²) in [6, 6.07) is 0. The van der Waals surface area contributed by atoms with Gasteiger partial charge in [-0.05, 0) is 40.2 Å². The van der Waals surface area contributed by atoms with Crippen LogP contribution in [0.15, 0.2) is 34.8 Å². The van der Waals surface area contributed by atoms with E-state index in [-0.39, 0.29) is 18.2 Å². The maximum absolute atomic E-state index is 12.0. The molecule has 0 saturated carbocycles. The van der Waals surface area contributed by atoms with Crippen LogP contribution >= 0.6 is 0 Å². The first kappa shape index (κ1) is 14.6. The third-order valence-electron chi connectivity index (χ3n) is 3.03. The van der Waals surface area contributed by atoms with Crippen LogP contribution in [0.2, 0.25) is 0 Å². The van der Waals surface area contributed by atoms with Crippen molar-refractivity contribution in [1.29, 1.82) is 0 Å². The molecule has 1 aliphatic heterocycles. The number of hydrogen-bond acceptors (Lipinski definition) is 4. The number of ketones is 1. The highest BCUT2D eigenvalue weighted by Gasteiger charge is 2.31. The average molecular weight is 276 g/mol. The zero-order chi connectivity index (χ0) is 14.9. The Hall–Kier alpha value is -1.84. The van der Waals surface area contributed by atoms with Gasteiger partial charge >= 0.3 is 5.97 Å². The monoisotopic (exact) mass is 276 g/mol. The van der Waals surface area contributed by atoms with E-state index in [1.54, 1.807) is 0 Å². The van der Waals surface area contributed by atoms with Crippen LogP contribution in [0.4, 0.5) is 0 Å². The molecule has 0 atom stereocenters. The quantitative estimate of drug-likeness (QED) is 0.743. The van der Waals surface area contributed by atoms with Crippen LogP contribution in [0.3, 0.4) is 0 Å². The number of carbonyl (C=O) groups excluding carboxylic acids is 2. The Balaban J connectivity index is 2.04. The second-order valence-corrected chi connectivity index (χ2v) is 6.07. The summed E-state index contributed by atoms with van der Waals surface area (Å²) in [6.07, 6.45) is 4.69. The highest BCUT2D eigenvalue weighted by Crippen LogP contribution is 2.36. The molecule has 0 amide bonds. The van der Waals surface area contributed by atoms with E-state index in [1.807, 2.05) is 39.8 Å². The van der Waals surface area contributed by atoms with Gasteiger partial charge in [-0.25, -0.2) is 0 Å². The van der Waals surface area contributed by atoms with Gasteiger partial charge in [0.2, 0.25) is 0 Å².